The topological polar surface area (TPSA) is 76.2 Å². The molecule has 0 atom stereocenters. The van der Waals surface area contributed by atoms with E-state index in [1.165, 1.54) is 23.5 Å². The molecular weight excluding hydrogens is 423 g/mol. The lowest BCUT2D eigenvalue weighted by molar-refractivity contribution is 0.100. The smallest absolute Gasteiger partial charge is 0.248 e. The molecule has 0 fully saturated rings. The number of halogens is 1. The summed E-state index contributed by atoms with van der Waals surface area (Å²) in [5.74, 6) is 5.35. The number of hydrogen-bond donors (Lipinski definition) is 2. The minimum absolute atomic E-state index is 0.0348. The molecule has 0 aliphatic heterocycles. The van der Waals surface area contributed by atoms with Crippen LogP contribution in [0, 0.1) is 17.7 Å². The van der Waals surface area contributed by atoms with Crippen molar-refractivity contribution in [3.05, 3.63) is 89.3 Å². The van der Waals surface area contributed by atoms with Gasteiger partial charge in [-0.3, -0.25) is 9.78 Å². The zero-order chi connectivity index (χ0) is 22.5. The van der Waals surface area contributed by atoms with E-state index in [0.717, 1.165) is 37.6 Å². The summed E-state index contributed by atoms with van der Waals surface area (Å²) >= 11 is 1.49. The van der Waals surface area contributed by atoms with Crippen LogP contribution in [0.25, 0.3) is 32.7 Å². The van der Waals surface area contributed by atoms with Crippen molar-refractivity contribution in [2.45, 2.75) is 6.42 Å². The summed E-state index contributed by atoms with van der Waals surface area (Å²) in [5.41, 5.74) is 10.3. The number of carbonyl (C=O) groups excluding carboxylic acids is 1. The average Bonchev–Trinajstić information content (AvgIpc) is 3.20. The highest BCUT2D eigenvalue weighted by Gasteiger charge is 2.22. The third kappa shape index (κ3) is 4.45. The molecule has 4 rings (SSSR count). The van der Waals surface area contributed by atoms with E-state index in [1.54, 1.807) is 42.7 Å². The van der Waals surface area contributed by atoms with Crippen LogP contribution in [0.15, 0.2) is 73.1 Å². The molecule has 4 nitrogen and oxygen atoms in total. The molecule has 0 unspecified atom stereocenters. The van der Waals surface area contributed by atoms with Gasteiger partial charge in [-0.2, -0.15) is 0 Å². The molecular formula is C26H19FN2O2S. The predicted molar refractivity (Wildman–Crippen MR) is 125 cm³/mol. The van der Waals surface area contributed by atoms with Crippen molar-refractivity contribution in [2.24, 2.45) is 5.73 Å². The molecule has 1 amide bonds. The zero-order valence-electron chi connectivity index (χ0n) is 17.0. The van der Waals surface area contributed by atoms with E-state index in [4.69, 9.17) is 5.73 Å². The third-order valence-corrected chi connectivity index (χ3v) is 6.01. The van der Waals surface area contributed by atoms with E-state index in [9.17, 15) is 14.3 Å². The highest BCUT2D eigenvalue weighted by molar-refractivity contribution is 7.17. The summed E-state index contributed by atoms with van der Waals surface area (Å²) in [4.78, 5) is 17.7. The number of nitrogens with two attached hydrogens (primary N) is 1. The SMILES string of the molecule is NC(=O)c1cccc(-c2c(C#CCCO)sc(-c3ccc(F)cc3)c2-c2ccncc2)c1. The monoisotopic (exact) mass is 442 g/mol. The number of aliphatic hydroxyl groups is 1. The lowest BCUT2D eigenvalue weighted by Gasteiger charge is -2.10. The molecule has 158 valence electrons. The molecule has 2 heterocycles. The van der Waals surface area contributed by atoms with Crippen LogP contribution >= 0.6 is 11.3 Å². The zero-order valence-corrected chi connectivity index (χ0v) is 17.8. The van der Waals surface area contributed by atoms with Gasteiger partial charge in [0.25, 0.3) is 0 Å². The van der Waals surface area contributed by atoms with E-state index < -0.39 is 5.91 Å². The van der Waals surface area contributed by atoms with Gasteiger partial charge in [-0.05, 0) is 53.1 Å². The van der Waals surface area contributed by atoms with Gasteiger partial charge in [0.05, 0.1) is 11.5 Å². The van der Waals surface area contributed by atoms with E-state index in [0.29, 0.717) is 12.0 Å². The standard InChI is InChI=1S/C26H19FN2O2S/c27-21-9-7-18(8-10-21)25-24(17-11-13-29-14-12-17)23(22(32-25)6-1-2-15-30)19-4-3-5-20(16-19)26(28)31/h3-5,7-14,16,30H,2,15H2,(H2,28,31). The molecule has 0 saturated carbocycles. The fourth-order valence-electron chi connectivity index (χ4n) is 3.42. The Labute approximate surface area is 189 Å². The molecule has 0 aliphatic carbocycles. The van der Waals surface area contributed by atoms with Crippen molar-refractivity contribution in [1.29, 1.82) is 0 Å². The van der Waals surface area contributed by atoms with Crippen molar-refractivity contribution in [2.75, 3.05) is 6.61 Å². The summed E-state index contributed by atoms with van der Waals surface area (Å²) in [6, 6.07) is 17.2. The average molecular weight is 443 g/mol. The number of nitrogens with zero attached hydrogens (tertiary/aromatic N) is 1. The molecule has 6 heteroatoms. The normalized spacial score (nSPS) is 10.4. The van der Waals surface area contributed by atoms with Gasteiger partial charge in [0.15, 0.2) is 0 Å². The van der Waals surface area contributed by atoms with E-state index in [2.05, 4.69) is 16.8 Å². The second-order valence-corrected chi connectivity index (χ2v) is 7.99. The van der Waals surface area contributed by atoms with Gasteiger partial charge in [0.2, 0.25) is 5.91 Å². The molecule has 0 saturated heterocycles. The van der Waals surface area contributed by atoms with Crippen LogP contribution in [0.1, 0.15) is 21.7 Å². The Morgan fingerprint density at radius 3 is 2.44 bits per heavy atom. The van der Waals surface area contributed by atoms with Crippen LogP contribution in [0.5, 0.6) is 0 Å². The largest absolute Gasteiger partial charge is 0.395 e. The lowest BCUT2D eigenvalue weighted by atomic mass is 9.92. The second-order valence-electron chi connectivity index (χ2n) is 6.97. The first-order valence-electron chi connectivity index (χ1n) is 9.91. The number of aromatic nitrogens is 1. The van der Waals surface area contributed by atoms with Crippen molar-refractivity contribution in [3.63, 3.8) is 0 Å². The minimum Gasteiger partial charge on any atom is -0.395 e. The Hall–Kier alpha value is -3.79. The van der Waals surface area contributed by atoms with Gasteiger partial charge in [-0.15, -0.1) is 11.3 Å². The molecule has 0 bridgehead atoms. The first kappa shape index (κ1) is 21.4. The van der Waals surface area contributed by atoms with Crippen LogP contribution in [0.4, 0.5) is 4.39 Å². The van der Waals surface area contributed by atoms with E-state index >= 15 is 0 Å². The Kier molecular flexibility index (Phi) is 6.41. The van der Waals surface area contributed by atoms with Crippen molar-refractivity contribution in [1.82, 2.24) is 4.98 Å². The van der Waals surface area contributed by atoms with Gasteiger partial charge in [0.1, 0.15) is 5.82 Å². The molecule has 2 aromatic heterocycles. The van der Waals surface area contributed by atoms with Gasteiger partial charge < -0.3 is 10.8 Å². The summed E-state index contributed by atoms with van der Waals surface area (Å²) in [6.07, 6.45) is 3.76. The number of primary amides is 1. The summed E-state index contributed by atoms with van der Waals surface area (Å²) in [6.45, 7) is -0.0348. The number of thiophene rings is 1. The number of amides is 1. The predicted octanol–water partition coefficient (Wildman–Crippen LogP) is 5.12. The quantitative estimate of drug-likeness (QED) is 0.422. The van der Waals surface area contributed by atoms with Crippen molar-refractivity contribution in [3.8, 4) is 44.5 Å². The number of rotatable bonds is 5. The highest BCUT2D eigenvalue weighted by Crippen LogP contribution is 2.47. The summed E-state index contributed by atoms with van der Waals surface area (Å²) in [7, 11) is 0. The maximum atomic E-state index is 13.6. The summed E-state index contributed by atoms with van der Waals surface area (Å²) in [5, 5.41) is 9.18. The number of benzene rings is 2. The van der Waals surface area contributed by atoms with Crippen molar-refractivity contribution >= 4 is 17.2 Å². The number of aliphatic hydroxyl groups excluding tert-OH is 1. The minimum atomic E-state index is -0.515. The van der Waals surface area contributed by atoms with E-state index in [1.807, 2.05) is 18.2 Å². The summed E-state index contributed by atoms with van der Waals surface area (Å²) < 4.78 is 13.6. The van der Waals surface area contributed by atoms with E-state index in [-0.39, 0.29) is 12.4 Å². The Bertz CT molecular complexity index is 1320. The molecule has 3 N–H and O–H groups in total. The number of pyridine rings is 1. The Morgan fingerprint density at radius 1 is 1.00 bits per heavy atom. The number of hydrogen-bond acceptors (Lipinski definition) is 4. The van der Waals surface area contributed by atoms with Gasteiger partial charge in [-0.25, -0.2) is 4.39 Å². The van der Waals surface area contributed by atoms with Gasteiger partial charge >= 0.3 is 0 Å². The fourth-order valence-corrected chi connectivity index (χ4v) is 4.65. The second kappa shape index (κ2) is 9.56. The van der Waals surface area contributed by atoms with Crippen LogP contribution in [-0.4, -0.2) is 22.6 Å². The maximum absolute atomic E-state index is 13.6. The van der Waals surface area contributed by atoms with Crippen LogP contribution in [0.2, 0.25) is 0 Å². The highest BCUT2D eigenvalue weighted by atomic mass is 32.1. The molecule has 32 heavy (non-hydrogen) atoms. The molecule has 2 aromatic carbocycles. The maximum Gasteiger partial charge on any atom is 0.248 e. The van der Waals surface area contributed by atoms with Crippen LogP contribution < -0.4 is 5.73 Å². The lowest BCUT2D eigenvalue weighted by Crippen LogP contribution is -2.10. The van der Waals surface area contributed by atoms with Crippen LogP contribution in [-0.2, 0) is 0 Å². The first-order valence-corrected chi connectivity index (χ1v) is 10.7. The van der Waals surface area contributed by atoms with Crippen LogP contribution in [0.3, 0.4) is 0 Å². The molecule has 0 spiro atoms. The van der Waals surface area contributed by atoms with Gasteiger partial charge in [0, 0.05) is 40.4 Å². The Morgan fingerprint density at radius 2 is 1.75 bits per heavy atom. The van der Waals surface area contributed by atoms with Gasteiger partial charge in [-0.1, -0.05) is 36.1 Å². The first-order chi connectivity index (χ1) is 15.6. The van der Waals surface area contributed by atoms with Crippen molar-refractivity contribution < 1.29 is 14.3 Å². The third-order valence-electron chi connectivity index (χ3n) is 4.86. The fraction of sp³-hybridized carbons (Fsp3) is 0.0769. The number of carbonyl (C=O) groups is 1. The molecule has 4 aromatic rings. The molecule has 0 aliphatic rings. The molecule has 0 radical (unpaired) electrons. The Balaban J connectivity index is 2.05.